The van der Waals surface area contributed by atoms with E-state index < -0.39 is 0 Å². The van der Waals surface area contributed by atoms with Gasteiger partial charge in [-0.3, -0.25) is 0 Å². The van der Waals surface area contributed by atoms with Crippen molar-refractivity contribution in [1.82, 2.24) is 14.7 Å². The molecule has 3 nitrogen and oxygen atoms in total. The van der Waals surface area contributed by atoms with Crippen molar-refractivity contribution in [3.05, 3.63) is 65.8 Å². The molecule has 3 rings (SSSR count). The Hall–Kier alpha value is -2.29. The second-order valence-electron chi connectivity index (χ2n) is 5.75. The Morgan fingerprint density at radius 1 is 1.14 bits per heavy atom. The molecule has 0 atom stereocenters. The average Bonchev–Trinajstić information content (AvgIpc) is 2.89. The van der Waals surface area contributed by atoms with Gasteiger partial charge in [-0.2, -0.15) is 0 Å². The smallest absolute Gasteiger partial charge is 0.137 e. The van der Waals surface area contributed by atoms with Crippen LogP contribution in [0.4, 0.5) is 0 Å². The van der Waals surface area contributed by atoms with Crippen LogP contribution in [0.1, 0.15) is 37.4 Å². The summed E-state index contributed by atoms with van der Waals surface area (Å²) >= 11 is 0. The number of imidazole rings is 1. The molecule has 22 heavy (non-hydrogen) atoms. The quantitative estimate of drug-likeness (QED) is 0.912. The van der Waals surface area contributed by atoms with Crippen molar-refractivity contribution < 1.29 is 0 Å². The molecule has 2 heterocycles. The van der Waals surface area contributed by atoms with Gasteiger partial charge < -0.3 is 9.72 Å². The van der Waals surface area contributed by atoms with E-state index in [-0.39, 0.29) is 0 Å². The number of nitrogens with zero attached hydrogens (tertiary/aromatic N) is 2. The first-order valence-corrected chi connectivity index (χ1v) is 8.04. The number of hydrogen-bond donors (Lipinski definition) is 1. The summed E-state index contributed by atoms with van der Waals surface area (Å²) in [7, 11) is 0. The van der Waals surface area contributed by atoms with Crippen molar-refractivity contribution in [2.45, 2.75) is 33.1 Å². The maximum Gasteiger partial charge on any atom is 0.137 e. The van der Waals surface area contributed by atoms with Crippen LogP contribution in [0.5, 0.6) is 0 Å². The fourth-order valence-electron chi connectivity index (χ4n) is 2.63. The fraction of sp³-hybridized carbons (Fsp3) is 0.316. The van der Waals surface area contributed by atoms with E-state index in [4.69, 9.17) is 4.98 Å². The number of allylic oxidation sites excluding steroid dienone is 5. The molecule has 0 aliphatic heterocycles. The Labute approximate surface area is 132 Å². The third kappa shape index (κ3) is 3.30. The molecule has 0 bridgehead atoms. The highest BCUT2D eigenvalue weighted by atomic mass is 15.0. The molecule has 1 aliphatic rings. The van der Waals surface area contributed by atoms with Crippen LogP contribution in [-0.4, -0.2) is 15.9 Å². The highest BCUT2D eigenvalue weighted by Crippen LogP contribution is 2.20. The van der Waals surface area contributed by atoms with Gasteiger partial charge in [0.1, 0.15) is 5.65 Å². The Kier molecular flexibility index (Phi) is 4.42. The molecule has 0 saturated heterocycles. The molecule has 0 aromatic carbocycles. The minimum atomic E-state index is 0.997. The molecule has 2 aromatic rings. The van der Waals surface area contributed by atoms with Crippen LogP contribution in [0.25, 0.3) is 11.2 Å². The van der Waals surface area contributed by atoms with Crippen LogP contribution in [0, 0.1) is 6.92 Å². The van der Waals surface area contributed by atoms with Gasteiger partial charge in [0.2, 0.25) is 0 Å². The van der Waals surface area contributed by atoms with Gasteiger partial charge in [-0.15, -0.1) is 0 Å². The first-order chi connectivity index (χ1) is 10.8. The van der Waals surface area contributed by atoms with E-state index in [1.807, 2.05) is 0 Å². The van der Waals surface area contributed by atoms with E-state index in [0.717, 1.165) is 37.1 Å². The normalized spacial score (nSPS) is 19.0. The summed E-state index contributed by atoms with van der Waals surface area (Å²) in [6.07, 6.45) is 16.4. The number of hydrogen-bond acceptors (Lipinski definition) is 2. The van der Waals surface area contributed by atoms with Gasteiger partial charge in [-0.1, -0.05) is 31.2 Å². The molecule has 0 saturated carbocycles. The average molecular weight is 293 g/mol. The zero-order valence-corrected chi connectivity index (χ0v) is 13.3. The summed E-state index contributed by atoms with van der Waals surface area (Å²) in [6.45, 7) is 5.30. The number of aromatic nitrogens is 2. The molecule has 1 N–H and O–H groups in total. The third-order valence-electron chi connectivity index (χ3n) is 3.81. The van der Waals surface area contributed by atoms with Crippen LogP contribution in [0.15, 0.2) is 54.5 Å². The highest BCUT2D eigenvalue weighted by Gasteiger charge is 2.06. The van der Waals surface area contributed by atoms with Crippen molar-refractivity contribution in [2.75, 3.05) is 6.54 Å². The van der Waals surface area contributed by atoms with Gasteiger partial charge in [0.25, 0.3) is 0 Å². The van der Waals surface area contributed by atoms with Gasteiger partial charge in [0.05, 0.1) is 5.69 Å². The van der Waals surface area contributed by atoms with E-state index >= 15 is 0 Å². The van der Waals surface area contributed by atoms with E-state index in [0.29, 0.717) is 0 Å². The summed E-state index contributed by atoms with van der Waals surface area (Å²) < 4.78 is 2.10. The first-order valence-electron chi connectivity index (χ1n) is 8.04. The van der Waals surface area contributed by atoms with Crippen molar-refractivity contribution in [3.63, 3.8) is 0 Å². The summed E-state index contributed by atoms with van der Waals surface area (Å²) in [5.41, 5.74) is 5.69. The van der Waals surface area contributed by atoms with Gasteiger partial charge >= 0.3 is 0 Å². The Bertz CT molecular complexity index is 747. The molecule has 1 aliphatic carbocycles. The molecule has 0 spiro atoms. The number of aryl methyl sites for hydroxylation is 1. The lowest BCUT2D eigenvalue weighted by Crippen LogP contribution is -2.12. The van der Waals surface area contributed by atoms with Crippen LogP contribution in [0.2, 0.25) is 0 Å². The molecule has 0 radical (unpaired) electrons. The Morgan fingerprint density at radius 3 is 2.86 bits per heavy atom. The monoisotopic (exact) mass is 293 g/mol. The lowest BCUT2D eigenvalue weighted by Gasteiger charge is -2.08. The number of rotatable bonds is 4. The van der Waals surface area contributed by atoms with Gasteiger partial charge in [-0.05, 0) is 49.5 Å². The van der Waals surface area contributed by atoms with Gasteiger partial charge in [-0.25, -0.2) is 4.98 Å². The maximum atomic E-state index is 4.74. The van der Waals surface area contributed by atoms with E-state index in [9.17, 15) is 0 Å². The fourth-order valence-corrected chi connectivity index (χ4v) is 2.63. The van der Waals surface area contributed by atoms with Crippen molar-refractivity contribution in [3.8, 4) is 0 Å². The highest BCUT2D eigenvalue weighted by molar-refractivity contribution is 5.73. The van der Waals surface area contributed by atoms with E-state index in [1.54, 1.807) is 0 Å². The lowest BCUT2D eigenvalue weighted by atomic mass is 10.1. The molecule has 114 valence electrons. The SMILES string of the molecule is CCCNC1=C/CCC=C(c2cn3cc(C)ccc3n2)/C=C\1. The van der Waals surface area contributed by atoms with Crippen LogP contribution >= 0.6 is 0 Å². The summed E-state index contributed by atoms with van der Waals surface area (Å²) in [4.78, 5) is 4.74. The largest absolute Gasteiger partial charge is 0.385 e. The number of nitrogens with one attached hydrogen (secondary N) is 1. The first kappa shape index (κ1) is 14.6. The third-order valence-corrected chi connectivity index (χ3v) is 3.81. The molecule has 2 aromatic heterocycles. The van der Waals surface area contributed by atoms with E-state index in [1.165, 1.54) is 16.8 Å². The van der Waals surface area contributed by atoms with Crippen molar-refractivity contribution >= 4 is 11.2 Å². The summed E-state index contributed by atoms with van der Waals surface area (Å²) in [5.74, 6) is 0. The standard InChI is InChI=1S/C19H23N3/c1-3-12-20-17-7-5-4-6-16(9-10-17)18-14-22-13-15(2)8-11-19(22)21-18/h6-11,13-14,20H,3-5,12H2,1-2H3/b10-9-,16-6?,17-7+. The maximum absolute atomic E-state index is 4.74. The molecule has 0 unspecified atom stereocenters. The number of pyridine rings is 1. The lowest BCUT2D eigenvalue weighted by molar-refractivity contribution is 0.778. The minimum absolute atomic E-state index is 0.997. The van der Waals surface area contributed by atoms with Crippen molar-refractivity contribution in [2.24, 2.45) is 0 Å². The molecule has 3 heteroatoms. The zero-order valence-electron chi connectivity index (χ0n) is 13.3. The van der Waals surface area contributed by atoms with Crippen LogP contribution in [-0.2, 0) is 0 Å². The Morgan fingerprint density at radius 2 is 2.00 bits per heavy atom. The predicted molar refractivity (Wildman–Crippen MR) is 92.7 cm³/mol. The molecule has 0 amide bonds. The zero-order chi connectivity index (χ0) is 15.4. The minimum Gasteiger partial charge on any atom is -0.385 e. The van der Waals surface area contributed by atoms with Gasteiger partial charge in [0.15, 0.2) is 0 Å². The van der Waals surface area contributed by atoms with Gasteiger partial charge in [0, 0.05) is 24.6 Å². The summed E-state index contributed by atoms with van der Waals surface area (Å²) in [6, 6.07) is 4.17. The topological polar surface area (TPSA) is 29.3 Å². The second-order valence-corrected chi connectivity index (χ2v) is 5.75. The van der Waals surface area contributed by atoms with Crippen LogP contribution < -0.4 is 5.32 Å². The van der Waals surface area contributed by atoms with Crippen molar-refractivity contribution in [1.29, 1.82) is 0 Å². The number of fused-ring (bicyclic) bond motifs is 1. The molecular weight excluding hydrogens is 270 g/mol. The molecular formula is C19H23N3. The second kappa shape index (κ2) is 6.65. The molecule has 0 fully saturated rings. The van der Waals surface area contributed by atoms with Crippen LogP contribution in [0.3, 0.4) is 0 Å². The predicted octanol–water partition coefficient (Wildman–Crippen LogP) is 4.26. The van der Waals surface area contributed by atoms with E-state index in [2.05, 4.69) is 72.4 Å². The summed E-state index contributed by atoms with van der Waals surface area (Å²) in [5, 5.41) is 3.47. The Balaban J connectivity index is 1.87.